The molecule has 0 spiro atoms. The van der Waals surface area contributed by atoms with Gasteiger partial charge in [-0.25, -0.2) is 0 Å². The quantitative estimate of drug-likeness (QED) is 0.772. The third-order valence-electron chi connectivity index (χ3n) is 3.37. The minimum atomic E-state index is -0.582. The third kappa shape index (κ3) is 4.42. The maximum absolute atomic E-state index is 12.5. The number of amides is 1. The molecule has 0 aliphatic rings. The Hall–Kier alpha value is -2.14. The van der Waals surface area contributed by atoms with Crippen molar-refractivity contribution in [1.29, 1.82) is 0 Å². The van der Waals surface area contributed by atoms with E-state index in [-0.39, 0.29) is 5.91 Å². The smallest absolute Gasteiger partial charge is 0.265 e. The van der Waals surface area contributed by atoms with Crippen molar-refractivity contribution in [2.24, 2.45) is 0 Å². The molecule has 1 amide bonds. The number of carbonyl (C=O) groups excluding carboxylic acids is 1. The van der Waals surface area contributed by atoms with E-state index >= 15 is 0 Å². The monoisotopic (exact) mass is 331 g/mol. The second-order valence-corrected chi connectivity index (χ2v) is 5.70. The van der Waals surface area contributed by atoms with E-state index in [2.05, 4.69) is 5.32 Å². The summed E-state index contributed by atoms with van der Waals surface area (Å²) in [6.07, 6.45) is 1.96. The Morgan fingerprint density at radius 2 is 1.78 bits per heavy atom. The average Bonchev–Trinajstić information content (AvgIpc) is 2.60. The number of benzene rings is 2. The summed E-state index contributed by atoms with van der Waals surface area (Å²) in [7, 11) is 1.58. The van der Waals surface area contributed by atoms with Crippen LogP contribution < -0.4 is 14.8 Å². The van der Waals surface area contributed by atoms with Gasteiger partial charge in [0.25, 0.3) is 5.91 Å². The normalized spacial score (nSPS) is 11.6. The van der Waals surface area contributed by atoms with Crippen LogP contribution in [0.4, 0.5) is 5.69 Å². The lowest BCUT2D eigenvalue weighted by Crippen LogP contribution is -2.32. The van der Waals surface area contributed by atoms with Gasteiger partial charge in [0.05, 0.1) is 12.8 Å². The highest BCUT2D eigenvalue weighted by Gasteiger charge is 2.20. The first kappa shape index (κ1) is 17.2. The lowest BCUT2D eigenvalue weighted by atomic mass is 10.2. The predicted molar refractivity (Wildman–Crippen MR) is 94.6 cm³/mol. The van der Waals surface area contributed by atoms with Crippen molar-refractivity contribution in [3.63, 3.8) is 0 Å². The molecule has 2 aromatic carbocycles. The van der Waals surface area contributed by atoms with Crippen LogP contribution in [-0.2, 0) is 4.79 Å². The Balaban J connectivity index is 2.12. The fourth-order valence-corrected chi connectivity index (χ4v) is 2.71. The molecule has 0 heterocycles. The third-order valence-corrected chi connectivity index (χ3v) is 4.16. The van der Waals surface area contributed by atoms with Gasteiger partial charge in [0.1, 0.15) is 0 Å². The number of thioether (sulfide) groups is 1. The maximum atomic E-state index is 12.5. The second kappa shape index (κ2) is 8.48. The van der Waals surface area contributed by atoms with Gasteiger partial charge in [0, 0.05) is 4.90 Å². The molecule has 0 bridgehead atoms. The molecule has 1 N–H and O–H groups in total. The van der Waals surface area contributed by atoms with Crippen molar-refractivity contribution in [2.45, 2.75) is 24.3 Å². The van der Waals surface area contributed by atoms with Gasteiger partial charge in [0.2, 0.25) is 0 Å². The highest BCUT2D eigenvalue weighted by molar-refractivity contribution is 7.98. The summed E-state index contributed by atoms with van der Waals surface area (Å²) in [5.74, 6) is 1.01. The Morgan fingerprint density at radius 3 is 2.43 bits per heavy atom. The fourth-order valence-electron chi connectivity index (χ4n) is 2.15. The van der Waals surface area contributed by atoms with Gasteiger partial charge < -0.3 is 14.8 Å². The van der Waals surface area contributed by atoms with Crippen LogP contribution in [0.1, 0.15) is 13.3 Å². The fraction of sp³-hybridized carbons (Fsp3) is 0.278. The van der Waals surface area contributed by atoms with Crippen LogP contribution in [0.2, 0.25) is 0 Å². The van der Waals surface area contributed by atoms with Crippen LogP contribution in [0.3, 0.4) is 0 Å². The molecule has 0 saturated heterocycles. The van der Waals surface area contributed by atoms with E-state index in [0.717, 1.165) is 10.6 Å². The molecule has 0 fully saturated rings. The number of hydrogen-bond donors (Lipinski definition) is 1. The number of carbonyl (C=O) groups is 1. The second-order valence-electron chi connectivity index (χ2n) is 4.86. The molecule has 0 radical (unpaired) electrons. The summed E-state index contributed by atoms with van der Waals surface area (Å²) in [5.41, 5.74) is 0.798. The summed E-state index contributed by atoms with van der Waals surface area (Å²) in [4.78, 5) is 13.6. The van der Waals surface area contributed by atoms with E-state index in [1.807, 2.05) is 55.6 Å². The van der Waals surface area contributed by atoms with Gasteiger partial charge in [-0.2, -0.15) is 0 Å². The zero-order valence-corrected chi connectivity index (χ0v) is 14.4. The topological polar surface area (TPSA) is 47.6 Å². The van der Waals surface area contributed by atoms with Crippen LogP contribution >= 0.6 is 11.8 Å². The number of nitrogens with one attached hydrogen (secondary N) is 1. The van der Waals surface area contributed by atoms with Gasteiger partial charge in [-0.3, -0.25) is 4.79 Å². The van der Waals surface area contributed by atoms with Crippen molar-refractivity contribution in [3.05, 3.63) is 48.5 Å². The van der Waals surface area contributed by atoms with Gasteiger partial charge in [-0.05, 0) is 36.9 Å². The first-order chi connectivity index (χ1) is 11.2. The number of hydrogen-bond acceptors (Lipinski definition) is 4. The van der Waals surface area contributed by atoms with Crippen molar-refractivity contribution < 1.29 is 14.3 Å². The van der Waals surface area contributed by atoms with E-state index in [1.54, 1.807) is 24.9 Å². The van der Waals surface area contributed by atoms with Gasteiger partial charge >= 0.3 is 0 Å². The summed E-state index contributed by atoms with van der Waals surface area (Å²) < 4.78 is 11.1. The zero-order valence-electron chi connectivity index (χ0n) is 13.5. The van der Waals surface area contributed by atoms with Gasteiger partial charge in [0.15, 0.2) is 17.6 Å². The molecule has 4 nitrogen and oxygen atoms in total. The van der Waals surface area contributed by atoms with Crippen molar-refractivity contribution in [1.82, 2.24) is 0 Å². The SMILES string of the molecule is CC[C@@H](Oc1ccccc1OC)C(=O)Nc1ccccc1SC. The van der Waals surface area contributed by atoms with E-state index < -0.39 is 6.10 Å². The highest BCUT2D eigenvalue weighted by atomic mass is 32.2. The number of ether oxygens (including phenoxy) is 2. The van der Waals surface area contributed by atoms with Crippen LogP contribution in [0, 0.1) is 0 Å². The average molecular weight is 331 g/mol. The highest BCUT2D eigenvalue weighted by Crippen LogP contribution is 2.28. The largest absolute Gasteiger partial charge is 0.493 e. The van der Waals surface area contributed by atoms with Crippen molar-refractivity contribution in [2.75, 3.05) is 18.7 Å². The lowest BCUT2D eigenvalue weighted by Gasteiger charge is -2.19. The summed E-state index contributed by atoms with van der Waals surface area (Å²) >= 11 is 1.59. The molecule has 5 heteroatoms. The van der Waals surface area contributed by atoms with Crippen LogP contribution in [0.25, 0.3) is 0 Å². The van der Waals surface area contributed by atoms with Crippen molar-refractivity contribution in [3.8, 4) is 11.5 Å². The Kier molecular flexibility index (Phi) is 6.35. The number of methoxy groups -OCH3 is 1. The van der Waals surface area contributed by atoms with E-state index in [1.165, 1.54) is 0 Å². The van der Waals surface area contributed by atoms with E-state index in [4.69, 9.17) is 9.47 Å². The van der Waals surface area contributed by atoms with Crippen molar-refractivity contribution >= 4 is 23.4 Å². The molecule has 122 valence electrons. The van der Waals surface area contributed by atoms with E-state index in [0.29, 0.717) is 17.9 Å². The predicted octanol–water partition coefficient (Wildman–Crippen LogP) is 4.21. The molecule has 0 unspecified atom stereocenters. The molecule has 1 atom stereocenters. The minimum absolute atomic E-state index is 0.167. The van der Waals surface area contributed by atoms with Crippen LogP contribution in [0.15, 0.2) is 53.4 Å². The van der Waals surface area contributed by atoms with Crippen LogP contribution in [0.5, 0.6) is 11.5 Å². The summed E-state index contributed by atoms with van der Waals surface area (Å²) in [6, 6.07) is 15.0. The molecule has 2 rings (SSSR count). The zero-order chi connectivity index (χ0) is 16.7. The standard InChI is InChI=1S/C18H21NO3S/c1-4-14(22-16-11-7-6-10-15(16)21-2)18(20)19-13-9-5-8-12-17(13)23-3/h5-12,14H,4H2,1-3H3,(H,19,20)/t14-/m1/s1. The maximum Gasteiger partial charge on any atom is 0.265 e. The summed E-state index contributed by atoms with van der Waals surface area (Å²) in [6.45, 7) is 1.92. The Labute approximate surface area is 141 Å². The molecule has 2 aromatic rings. The number of para-hydroxylation sites is 3. The molecule has 0 aromatic heterocycles. The van der Waals surface area contributed by atoms with Gasteiger partial charge in [-0.1, -0.05) is 31.2 Å². The molecule has 23 heavy (non-hydrogen) atoms. The van der Waals surface area contributed by atoms with Crippen LogP contribution in [-0.4, -0.2) is 25.4 Å². The number of anilines is 1. The molecular formula is C18H21NO3S. The summed E-state index contributed by atoms with van der Waals surface area (Å²) in [5, 5.41) is 2.94. The first-order valence-corrected chi connectivity index (χ1v) is 8.65. The molecule has 0 aliphatic carbocycles. The molecule has 0 saturated carbocycles. The minimum Gasteiger partial charge on any atom is -0.493 e. The van der Waals surface area contributed by atoms with E-state index in [9.17, 15) is 4.79 Å². The first-order valence-electron chi connectivity index (χ1n) is 7.43. The molecule has 0 aliphatic heterocycles. The van der Waals surface area contributed by atoms with Gasteiger partial charge in [-0.15, -0.1) is 11.8 Å². The Morgan fingerprint density at radius 1 is 1.13 bits per heavy atom. The lowest BCUT2D eigenvalue weighted by molar-refractivity contribution is -0.122. The Bertz CT molecular complexity index is 660. The molecular weight excluding hydrogens is 310 g/mol. The number of rotatable bonds is 7.